The second kappa shape index (κ2) is 9.92. The van der Waals surface area contributed by atoms with Gasteiger partial charge in [0.25, 0.3) is 0 Å². The molecule has 2 heterocycles. The third-order valence-electron chi connectivity index (χ3n) is 6.50. The van der Waals surface area contributed by atoms with E-state index < -0.39 is 5.91 Å². The molecule has 0 spiro atoms. The lowest BCUT2D eigenvalue weighted by Gasteiger charge is -2.41. The van der Waals surface area contributed by atoms with Crippen molar-refractivity contribution in [1.29, 1.82) is 0 Å². The second-order valence-corrected chi connectivity index (χ2v) is 9.06. The number of aryl methyl sites for hydroxylation is 1. The van der Waals surface area contributed by atoms with Crippen LogP contribution in [0.2, 0.25) is 0 Å². The number of amides is 1. The summed E-state index contributed by atoms with van der Waals surface area (Å²) in [5.74, 6) is 0.291. The molecule has 8 heteroatoms. The van der Waals surface area contributed by atoms with Gasteiger partial charge in [-0.15, -0.1) is 0 Å². The monoisotopic (exact) mass is 438 g/mol. The number of carbonyl (C=O) groups is 1. The van der Waals surface area contributed by atoms with Crippen LogP contribution in [0.1, 0.15) is 61.5 Å². The summed E-state index contributed by atoms with van der Waals surface area (Å²) in [6, 6.07) is 6.74. The number of nitrogens with two attached hydrogens (primary N) is 1. The second-order valence-electron chi connectivity index (χ2n) is 9.06. The third kappa shape index (κ3) is 5.07. The maximum atomic E-state index is 12.9. The van der Waals surface area contributed by atoms with Crippen LogP contribution in [0.4, 0.5) is 5.82 Å². The zero-order valence-corrected chi connectivity index (χ0v) is 19.3. The van der Waals surface area contributed by atoms with Crippen LogP contribution in [-0.4, -0.2) is 60.1 Å². The molecule has 1 aliphatic heterocycles. The highest BCUT2D eigenvalue weighted by molar-refractivity contribution is 6.05. The number of nitrogens with one attached hydrogen (secondary N) is 1. The lowest BCUT2D eigenvalue weighted by atomic mass is 9.92. The summed E-state index contributed by atoms with van der Waals surface area (Å²) in [5.41, 5.74) is 8.42. The van der Waals surface area contributed by atoms with Crippen molar-refractivity contribution in [3.05, 3.63) is 29.5 Å². The minimum Gasteiger partial charge on any atom is -0.387 e. The van der Waals surface area contributed by atoms with Crippen molar-refractivity contribution >= 4 is 28.6 Å². The van der Waals surface area contributed by atoms with Gasteiger partial charge in [-0.25, -0.2) is 9.97 Å². The van der Waals surface area contributed by atoms with Crippen molar-refractivity contribution in [2.24, 2.45) is 10.7 Å². The van der Waals surface area contributed by atoms with Gasteiger partial charge in [-0.1, -0.05) is 25.3 Å². The average Bonchev–Trinajstić information content (AvgIpc) is 2.78. The molecule has 0 radical (unpaired) electrons. The van der Waals surface area contributed by atoms with Crippen molar-refractivity contribution in [1.82, 2.24) is 15.3 Å². The van der Waals surface area contributed by atoms with Gasteiger partial charge in [-0.3, -0.25) is 4.79 Å². The van der Waals surface area contributed by atoms with E-state index in [0.29, 0.717) is 30.0 Å². The SMILES string of the molecule is COC1CN(c2nc3ccc(C)cc3nc2C(=O)N=C(C)N)CCC1NC1CCCCC1. The number of piperidine rings is 1. The molecule has 2 aliphatic rings. The van der Waals surface area contributed by atoms with E-state index in [1.54, 1.807) is 14.0 Å². The summed E-state index contributed by atoms with van der Waals surface area (Å²) in [4.78, 5) is 28.4. The first kappa shape index (κ1) is 22.6. The topological polar surface area (TPSA) is 106 Å². The smallest absolute Gasteiger partial charge is 0.301 e. The molecule has 32 heavy (non-hydrogen) atoms. The number of anilines is 1. The van der Waals surface area contributed by atoms with E-state index in [9.17, 15) is 4.79 Å². The molecular weight excluding hydrogens is 404 g/mol. The predicted octanol–water partition coefficient (Wildman–Crippen LogP) is 2.97. The van der Waals surface area contributed by atoms with Crippen LogP contribution in [0.15, 0.2) is 23.2 Å². The molecule has 1 aliphatic carbocycles. The van der Waals surface area contributed by atoms with E-state index in [-0.39, 0.29) is 17.6 Å². The molecule has 8 nitrogen and oxygen atoms in total. The number of aromatic nitrogens is 2. The number of ether oxygens (including phenoxy) is 1. The predicted molar refractivity (Wildman–Crippen MR) is 127 cm³/mol. The Balaban J connectivity index is 1.62. The van der Waals surface area contributed by atoms with Gasteiger partial charge in [0, 0.05) is 32.3 Å². The number of rotatable bonds is 5. The zero-order valence-electron chi connectivity index (χ0n) is 19.3. The number of carbonyl (C=O) groups excluding carboxylic acids is 1. The number of benzene rings is 1. The molecule has 2 fully saturated rings. The summed E-state index contributed by atoms with van der Waals surface area (Å²) in [6.07, 6.45) is 7.33. The Morgan fingerprint density at radius 1 is 1.19 bits per heavy atom. The van der Waals surface area contributed by atoms with Crippen LogP contribution < -0.4 is 16.0 Å². The quantitative estimate of drug-likeness (QED) is 0.546. The van der Waals surface area contributed by atoms with Crippen LogP contribution in [0.5, 0.6) is 0 Å². The number of aliphatic imine (C=N–C) groups is 1. The number of amidine groups is 1. The normalized spacial score (nSPS) is 23.0. The highest BCUT2D eigenvalue weighted by atomic mass is 16.5. The van der Waals surface area contributed by atoms with Crippen molar-refractivity contribution in [2.45, 2.75) is 70.6 Å². The number of hydrogen-bond donors (Lipinski definition) is 2. The van der Waals surface area contributed by atoms with E-state index in [1.807, 2.05) is 25.1 Å². The summed E-state index contributed by atoms with van der Waals surface area (Å²) in [5, 5.41) is 3.84. The number of methoxy groups -OCH3 is 1. The van der Waals surface area contributed by atoms with Crippen molar-refractivity contribution in [3.63, 3.8) is 0 Å². The highest BCUT2D eigenvalue weighted by Gasteiger charge is 2.33. The molecule has 2 unspecified atom stereocenters. The summed E-state index contributed by atoms with van der Waals surface area (Å²) in [6.45, 7) is 4.99. The molecule has 2 aromatic rings. The highest BCUT2D eigenvalue weighted by Crippen LogP contribution is 2.27. The van der Waals surface area contributed by atoms with E-state index in [1.165, 1.54) is 32.1 Å². The van der Waals surface area contributed by atoms with Gasteiger partial charge in [0.05, 0.1) is 17.1 Å². The molecule has 3 N–H and O–H groups in total. The van der Waals surface area contributed by atoms with E-state index in [4.69, 9.17) is 15.5 Å². The Labute approximate surface area is 189 Å². The largest absolute Gasteiger partial charge is 0.387 e. The summed E-state index contributed by atoms with van der Waals surface area (Å²) < 4.78 is 5.88. The Morgan fingerprint density at radius 2 is 1.97 bits per heavy atom. The fraction of sp³-hybridized carbons (Fsp3) is 0.583. The van der Waals surface area contributed by atoms with E-state index >= 15 is 0 Å². The van der Waals surface area contributed by atoms with E-state index in [2.05, 4.69) is 20.2 Å². The van der Waals surface area contributed by atoms with Crippen LogP contribution in [-0.2, 0) is 4.74 Å². The Kier molecular flexibility index (Phi) is 7.01. The first-order valence-corrected chi connectivity index (χ1v) is 11.6. The first-order chi connectivity index (χ1) is 15.4. The van der Waals surface area contributed by atoms with Gasteiger partial charge >= 0.3 is 5.91 Å². The Bertz CT molecular complexity index is 997. The summed E-state index contributed by atoms with van der Waals surface area (Å²) >= 11 is 0. The molecule has 2 atom stereocenters. The van der Waals surface area contributed by atoms with Crippen LogP contribution in [0.3, 0.4) is 0 Å². The molecule has 1 aromatic carbocycles. The molecule has 172 valence electrons. The van der Waals surface area contributed by atoms with Gasteiger partial charge < -0.3 is 20.7 Å². The summed E-state index contributed by atoms with van der Waals surface area (Å²) in [7, 11) is 1.76. The van der Waals surface area contributed by atoms with Gasteiger partial charge in [-0.2, -0.15) is 4.99 Å². The average molecular weight is 439 g/mol. The standard InChI is InChI=1S/C24H34N6O2/c1-15-9-10-18-20(13-15)28-22(24(31)26-16(2)25)23(29-18)30-12-11-19(21(14-30)32-3)27-17-7-5-4-6-8-17/h9-10,13,17,19,21,27H,4-8,11-12,14H2,1-3H3,(H2,25,26,31). The number of hydrogen-bond acceptors (Lipinski definition) is 6. The maximum Gasteiger partial charge on any atom is 0.301 e. The lowest BCUT2D eigenvalue weighted by Crippen LogP contribution is -2.56. The van der Waals surface area contributed by atoms with Crippen LogP contribution in [0.25, 0.3) is 11.0 Å². The van der Waals surface area contributed by atoms with Crippen LogP contribution in [0, 0.1) is 6.92 Å². The van der Waals surface area contributed by atoms with Crippen molar-refractivity contribution in [2.75, 3.05) is 25.1 Å². The van der Waals surface area contributed by atoms with Gasteiger partial charge in [0.2, 0.25) is 0 Å². The number of fused-ring (bicyclic) bond motifs is 1. The van der Waals surface area contributed by atoms with Gasteiger partial charge in [0.1, 0.15) is 5.84 Å². The number of nitrogens with zero attached hydrogens (tertiary/aromatic N) is 4. The molecule has 0 bridgehead atoms. The van der Waals surface area contributed by atoms with Gasteiger partial charge in [0.15, 0.2) is 11.5 Å². The minimum atomic E-state index is -0.465. The van der Waals surface area contributed by atoms with Gasteiger partial charge in [-0.05, 0) is 50.8 Å². The fourth-order valence-electron chi connectivity index (χ4n) is 4.84. The Morgan fingerprint density at radius 3 is 2.69 bits per heavy atom. The minimum absolute atomic E-state index is 0.00360. The molecule has 1 saturated heterocycles. The fourth-order valence-corrected chi connectivity index (χ4v) is 4.84. The van der Waals surface area contributed by atoms with E-state index in [0.717, 1.165) is 24.0 Å². The third-order valence-corrected chi connectivity index (χ3v) is 6.50. The zero-order chi connectivity index (χ0) is 22.7. The molecule has 1 amide bonds. The molecule has 1 aromatic heterocycles. The molecule has 4 rings (SSSR count). The van der Waals surface area contributed by atoms with Crippen molar-refractivity contribution < 1.29 is 9.53 Å². The Hall–Kier alpha value is -2.58. The lowest BCUT2D eigenvalue weighted by molar-refractivity contribution is 0.0533. The maximum absolute atomic E-state index is 12.9. The van der Waals surface area contributed by atoms with Crippen LogP contribution >= 0.6 is 0 Å². The van der Waals surface area contributed by atoms with Crippen molar-refractivity contribution in [3.8, 4) is 0 Å². The molecular formula is C24H34N6O2. The molecule has 1 saturated carbocycles. The first-order valence-electron chi connectivity index (χ1n) is 11.6.